The average molecular weight is 447 g/mol. The summed E-state index contributed by atoms with van der Waals surface area (Å²) < 4.78 is 12.8. The molecule has 170 valence electrons. The van der Waals surface area contributed by atoms with Gasteiger partial charge in [0.15, 0.2) is 0 Å². The number of methoxy groups -OCH3 is 2. The number of Topliss-reactive ketones (excluding diaryl/α,β-unsaturated/α-hetero) is 1. The second-order valence-corrected chi connectivity index (χ2v) is 7.62. The number of carbonyl (C=O) groups excluding carboxylic acids is 2. The second-order valence-electron chi connectivity index (χ2n) is 7.62. The SMILES string of the molecule is COc1ccc([C@H]2/C(=C(\O)c3ccccc3)C(=O)C(=O)N2CCCn2ccnc2)c(OC)c1. The first kappa shape index (κ1) is 22.1. The molecule has 1 saturated heterocycles. The fourth-order valence-electron chi connectivity index (χ4n) is 4.07. The van der Waals surface area contributed by atoms with Crippen molar-refractivity contribution in [3.8, 4) is 11.5 Å². The summed E-state index contributed by atoms with van der Waals surface area (Å²) in [4.78, 5) is 31.8. The number of ketones is 1. The number of benzene rings is 2. The van der Waals surface area contributed by atoms with Crippen molar-refractivity contribution in [1.82, 2.24) is 14.5 Å². The molecule has 0 unspecified atom stereocenters. The molecule has 1 N–H and O–H groups in total. The minimum Gasteiger partial charge on any atom is -0.507 e. The van der Waals surface area contributed by atoms with Crippen LogP contribution in [0.4, 0.5) is 0 Å². The third-order valence-corrected chi connectivity index (χ3v) is 5.70. The Hall–Kier alpha value is -4.07. The highest BCUT2D eigenvalue weighted by Crippen LogP contribution is 2.43. The number of aryl methyl sites for hydroxylation is 1. The molecule has 1 fully saturated rings. The van der Waals surface area contributed by atoms with Gasteiger partial charge in [-0.1, -0.05) is 30.3 Å². The molecule has 8 nitrogen and oxygen atoms in total. The summed E-state index contributed by atoms with van der Waals surface area (Å²) in [6, 6.07) is 13.1. The number of aliphatic hydroxyl groups is 1. The first-order valence-electron chi connectivity index (χ1n) is 10.6. The summed E-state index contributed by atoms with van der Waals surface area (Å²) in [5, 5.41) is 11.1. The molecule has 33 heavy (non-hydrogen) atoms. The average Bonchev–Trinajstić information content (AvgIpc) is 3.46. The van der Waals surface area contributed by atoms with E-state index in [1.165, 1.54) is 12.0 Å². The Kier molecular flexibility index (Phi) is 6.44. The molecule has 8 heteroatoms. The van der Waals surface area contributed by atoms with Crippen LogP contribution in [0.1, 0.15) is 23.6 Å². The van der Waals surface area contributed by atoms with E-state index in [1.807, 2.05) is 16.8 Å². The summed E-state index contributed by atoms with van der Waals surface area (Å²) >= 11 is 0. The van der Waals surface area contributed by atoms with Crippen LogP contribution in [0.15, 0.2) is 72.8 Å². The van der Waals surface area contributed by atoms with E-state index in [-0.39, 0.29) is 11.3 Å². The van der Waals surface area contributed by atoms with Crippen molar-refractivity contribution >= 4 is 17.4 Å². The fraction of sp³-hybridized carbons (Fsp3) is 0.240. The van der Waals surface area contributed by atoms with Crippen molar-refractivity contribution in [3.63, 3.8) is 0 Å². The molecular weight excluding hydrogens is 422 g/mol. The van der Waals surface area contributed by atoms with Gasteiger partial charge in [0.1, 0.15) is 17.3 Å². The quantitative estimate of drug-likeness (QED) is 0.323. The van der Waals surface area contributed by atoms with Gasteiger partial charge in [0.05, 0.1) is 32.2 Å². The molecule has 2 heterocycles. The lowest BCUT2D eigenvalue weighted by Crippen LogP contribution is -2.31. The first-order chi connectivity index (χ1) is 16.0. The predicted molar refractivity (Wildman–Crippen MR) is 122 cm³/mol. The van der Waals surface area contributed by atoms with Crippen molar-refractivity contribution in [3.05, 3.63) is 84.0 Å². The van der Waals surface area contributed by atoms with Crippen LogP contribution in [-0.2, 0) is 16.1 Å². The Labute approximate surface area is 191 Å². The molecule has 0 bridgehead atoms. The van der Waals surface area contributed by atoms with Gasteiger partial charge in [-0.25, -0.2) is 4.98 Å². The third-order valence-electron chi connectivity index (χ3n) is 5.70. The monoisotopic (exact) mass is 447 g/mol. The Morgan fingerprint density at radius 1 is 1.06 bits per heavy atom. The van der Waals surface area contributed by atoms with Crippen molar-refractivity contribution in [2.75, 3.05) is 20.8 Å². The van der Waals surface area contributed by atoms with E-state index >= 15 is 0 Å². The lowest BCUT2D eigenvalue weighted by molar-refractivity contribution is -0.140. The number of carbonyl (C=O) groups is 2. The second kappa shape index (κ2) is 9.60. The maximum Gasteiger partial charge on any atom is 0.295 e. The number of hydrogen-bond acceptors (Lipinski definition) is 6. The molecule has 1 aliphatic heterocycles. The number of ether oxygens (including phenoxy) is 2. The zero-order chi connectivity index (χ0) is 23.4. The van der Waals surface area contributed by atoms with E-state index < -0.39 is 17.7 Å². The molecule has 0 saturated carbocycles. The van der Waals surface area contributed by atoms with Gasteiger partial charge in [-0.2, -0.15) is 0 Å². The number of aliphatic hydroxyl groups excluding tert-OH is 1. The number of amides is 1. The van der Waals surface area contributed by atoms with Crippen molar-refractivity contribution in [2.24, 2.45) is 0 Å². The molecule has 0 radical (unpaired) electrons. The van der Waals surface area contributed by atoms with Crippen LogP contribution in [0.2, 0.25) is 0 Å². The predicted octanol–water partition coefficient (Wildman–Crippen LogP) is 3.41. The summed E-state index contributed by atoms with van der Waals surface area (Å²) in [7, 11) is 3.06. The normalized spacial score (nSPS) is 17.4. The van der Waals surface area contributed by atoms with E-state index in [0.29, 0.717) is 42.1 Å². The number of aromatic nitrogens is 2. The van der Waals surface area contributed by atoms with Gasteiger partial charge in [0.25, 0.3) is 11.7 Å². The maximum atomic E-state index is 13.1. The number of likely N-dealkylation sites (tertiary alicyclic amines) is 1. The summed E-state index contributed by atoms with van der Waals surface area (Å²) in [5.74, 6) is -0.549. The van der Waals surface area contributed by atoms with Crippen molar-refractivity contribution in [1.29, 1.82) is 0 Å². The first-order valence-corrected chi connectivity index (χ1v) is 10.6. The lowest BCUT2D eigenvalue weighted by Gasteiger charge is -2.27. The highest BCUT2D eigenvalue weighted by Gasteiger charge is 2.46. The standard InChI is InChI=1S/C25H25N3O5/c1-32-18-9-10-19(20(15-18)33-2)22-21(23(29)17-7-4-3-5-8-17)24(30)25(31)28(22)13-6-12-27-14-11-26-16-27/h3-5,7-11,14-16,22,29H,6,12-13H2,1-2H3/b23-21+/t22-/m0/s1. The van der Waals surface area contributed by atoms with Crippen LogP contribution >= 0.6 is 0 Å². The zero-order valence-corrected chi connectivity index (χ0v) is 18.5. The van der Waals surface area contributed by atoms with E-state index in [9.17, 15) is 14.7 Å². The molecule has 1 aliphatic rings. The van der Waals surface area contributed by atoms with Crippen molar-refractivity contribution in [2.45, 2.75) is 19.0 Å². The highest BCUT2D eigenvalue weighted by atomic mass is 16.5. The summed E-state index contributed by atoms with van der Waals surface area (Å²) in [6.45, 7) is 0.947. The van der Waals surface area contributed by atoms with Gasteiger partial charge in [0.2, 0.25) is 0 Å². The van der Waals surface area contributed by atoms with E-state index in [4.69, 9.17) is 9.47 Å². The molecule has 2 aromatic carbocycles. The molecule has 4 rings (SSSR count). The van der Waals surface area contributed by atoms with Gasteiger partial charge in [-0.05, 0) is 18.6 Å². The number of hydrogen-bond donors (Lipinski definition) is 1. The van der Waals surface area contributed by atoms with Gasteiger partial charge in [-0.15, -0.1) is 0 Å². The molecule has 1 amide bonds. The summed E-state index contributed by atoms with van der Waals surface area (Å²) in [6.07, 6.45) is 5.83. The number of imidazole rings is 1. The molecule has 3 aromatic rings. The van der Waals surface area contributed by atoms with Crippen LogP contribution in [0.3, 0.4) is 0 Å². The minimum absolute atomic E-state index is 0.0392. The van der Waals surface area contributed by atoms with Crippen LogP contribution in [0.25, 0.3) is 5.76 Å². The van der Waals surface area contributed by atoms with Gasteiger partial charge in [-0.3, -0.25) is 9.59 Å². The Morgan fingerprint density at radius 2 is 1.85 bits per heavy atom. The Balaban J connectivity index is 1.78. The topological polar surface area (TPSA) is 93.9 Å². The van der Waals surface area contributed by atoms with Crippen LogP contribution < -0.4 is 9.47 Å². The molecule has 0 spiro atoms. The number of nitrogens with zero attached hydrogens (tertiary/aromatic N) is 3. The Morgan fingerprint density at radius 3 is 2.52 bits per heavy atom. The maximum absolute atomic E-state index is 13.1. The van der Waals surface area contributed by atoms with Gasteiger partial charge < -0.3 is 24.0 Å². The summed E-state index contributed by atoms with van der Waals surface area (Å²) in [5.41, 5.74) is 1.10. The van der Waals surface area contributed by atoms with Crippen LogP contribution in [0.5, 0.6) is 11.5 Å². The molecule has 1 atom stereocenters. The fourth-order valence-corrected chi connectivity index (χ4v) is 4.07. The Bertz CT molecular complexity index is 1170. The zero-order valence-electron chi connectivity index (χ0n) is 18.5. The highest BCUT2D eigenvalue weighted by molar-refractivity contribution is 6.46. The van der Waals surface area contributed by atoms with Gasteiger partial charge >= 0.3 is 0 Å². The lowest BCUT2D eigenvalue weighted by atomic mass is 9.94. The van der Waals surface area contributed by atoms with Crippen molar-refractivity contribution < 1.29 is 24.2 Å². The minimum atomic E-state index is -0.797. The molecule has 1 aromatic heterocycles. The van der Waals surface area contributed by atoms with E-state index in [0.717, 1.165) is 0 Å². The van der Waals surface area contributed by atoms with Crippen LogP contribution in [0, 0.1) is 0 Å². The van der Waals surface area contributed by atoms with Crippen LogP contribution in [-0.4, -0.2) is 52.0 Å². The molecule has 0 aliphatic carbocycles. The number of rotatable bonds is 8. The third kappa shape index (κ3) is 4.32. The van der Waals surface area contributed by atoms with Gasteiger partial charge in [0, 0.05) is 42.7 Å². The smallest absolute Gasteiger partial charge is 0.295 e. The molecular formula is C25H25N3O5. The van der Waals surface area contributed by atoms with E-state index in [1.54, 1.807) is 62.1 Å². The largest absolute Gasteiger partial charge is 0.507 e. The van der Waals surface area contributed by atoms with E-state index in [2.05, 4.69) is 4.98 Å².